The normalized spacial score (nSPS) is 14.0. The number of rotatable bonds is 1. The van der Waals surface area contributed by atoms with E-state index in [-0.39, 0.29) is 11.7 Å². The number of anilines is 1. The summed E-state index contributed by atoms with van der Waals surface area (Å²) >= 11 is 3.38. The summed E-state index contributed by atoms with van der Waals surface area (Å²) in [5, 5.41) is 0. The fraction of sp³-hybridized carbons (Fsp3) is 0.188. The van der Waals surface area contributed by atoms with Crippen molar-refractivity contribution in [2.45, 2.75) is 12.8 Å². The molecule has 0 bridgehead atoms. The van der Waals surface area contributed by atoms with Crippen molar-refractivity contribution in [1.82, 2.24) is 0 Å². The van der Waals surface area contributed by atoms with Gasteiger partial charge in [-0.15, -0.1) is 0 Å². The number of amides is 1. The molecule has 0 aromatic heterocycles. The van der Waals surface area contributed by atoms with Crippen molar-refractivity contribution < 1.29 is 9.18 Å². The van der Waals surface area contributed by atoms with Crippen molar-refractivity contribution in [1.29, 1.82) is 0 Å². The van der Waals surface area contributed by atoms with Gasteiger partial charge in [0.25, 0.3) is 5.91 Å². The Morgan fingerprint density at radius 1 is 1.15 bits per heavy atom. The first kappa shape index (κ1) is 13.3. The molecule has 0 saturated carbocycles. The van der Waals surface area contributed by atoms with Gasteiger partial charge in [-0.1, -0.05) is 24.3 Å². The zero-order chi connectivity index (χ0) is 14.1. The van der Waals surface area contributed by atoms with Gasteiger partial charge >= 0.3 is 0 Å². The van der Waals surface area contributed by atoms with Gasteiger partial charge in [-0.05, 0) is 52.5 Å². The Morgan fingerprint density at radius 3 is 2.75 bits per heavy atom. The highest BCUT2D eigenvalue weighted by atomic mass is 79.9. The molecule has 1 aliphatic rings. The van der Waals surface area contributed by atoms with E-state index in [2.05, 4.69) is 15.9 Å². The summed E-state index contributed by atoms with van der Waals surface area (Å²) in [6.45, 7) is 0.550. The number of carbonyl (C=O) groups excluding carboxylic acids is 1. The molecule has 4 heteroatoms. The lowest BCUT2D eigenvalue weighted by atomic mass is 10.0. The number of nitrogens with zero attached hydrogens (tertiary/aromatic N) is 1. The van der Waals surface area contributed by atoms with Gasteiger partial charge in [0.15, 0.2) is 0 Å². The highest BCUT2D eigenvalue weighted by Gasteiger charge is 2.27. The number of fused-ring (bicyclic) bond motifs is 1. The zero-order valence-corrected chi connectivity index (χ0v) is 12.4. The molecule has 0 atom stereocenters. The third-order valence-corrected chi connectivity index (χ3v) is 4.21. The first-order chi connectivity index (χ1) is 9.68. The van der Waals surface area contributed by atoms with Gasteiger partial charge in [0.2, 0.25) is 0 Å². The number of halogens is 2. The van der Waals surface area contributed by atoms with Gasteiger partial charge in [0.05, 0.1) is 11.3 Å². The lowest BCUT2D eigenvalue weighted by molar-refractivity contribution is 0.0983. The summed E-state index contributed by atoms with van der Waals surface area (Å²) in [4.78, 5) is 14.2. The molecule has 0 unspecified atom stereocenters. The van der Waals surface area contributed by atoms with Crippen LogP contribution in [0.15, 0.2) is 46.9 Å². The Kier molecular flexibility index (Phi) is 3.57. The van der Waals surface area contributed by atoms with E-state index in [1.165, 1.54) is 6.07 Å². The number of carbonyl (C=O) groups is 1. The second-order valence-corrected chi connectivity index (χ2v) is 5.64. The van der Waals surface area contributed by atoms with Crippen molar-refractivity contribution in [2.24, 2.45) is 0 Å². The van der Waals surface area contributed by atoms with Crippen molar-refractivity contribution in [3.63, 3.8) is 0 Å². The van der Waals surface area contributed by atoms with Crippen LogP contribution in [-0.2, 0) is 6.42 Å². The number of hydrogen-bond acceptors (Lipinski definition) is 1. The number of hydrogen-bond donors (Lipinski definition) is 0. The maximum Gasteiger partial charge on any atom is 0.259 e. The van der Waals surface area contributed by atoms with Crippen LogP contribution in [0.3, 0.4) is 0 Å². The Balaban J connectivity index is 2.05. The molecule has 3 rings (SSSR count). The van der Waals surface area contributed by atoms with Crippen molar-refractivity contribution in [3.8, 4) is 0 Å². The summed E-state index contributed by atoms with van der Waals surface area (Å²) in [7, 11) is 0. The van der Waals surface area contributed by atoms with Gasteiger partial charge in [-0.2, -0.15) is 0 Å². The van der Waals surface area contributed by atoms with Crippen LogP contribution in [0.2, 0.25) is 0 Å². The van der Waals surface area contributed by atoms with E-state index in [9.17, 15) is 9.18 Å². The maximum absolute atomic E-state index is 14.1. The molecule has 0 fully saturated rings. The van der Waals surface area contributed by atoms with Crippen LogP contribution in [0.25, 0.3) is 0 Å². The average Bonchev–Trinajstić information content (AvgIpc) is 2.47. The second-order valence-electron chi connectivity index (χ2n) is 4.79. The topological polar surface area (TPSA) is 20.3 Å². The van der Waals surface area contributed by atoms with E-state index in [0.717, 1.165) is 22.9 Å². The summed E-state index contributed by atoms with van der Waals surface area (Å²) < 4.78 is 14.8. The van der Waals surface area contributed by atoms with E-state index >= 15 is 0 Å². The van der Waals surface area contributed by atoms with E-state index in [1.54, 1.807) is 17.0 Å². The molecule has 20 heavy (non-hydrogen) atoms. The first-order valence-corrected chi connectivity index (χ1v) is 7.31. The molecule has 1 amide bonds. The average molecular weight is 334 g/mol. The minimum Gasteiger partial charge on any atom is -0.305 e. The van der Waals surface area contributed by atoms with E-state index in [0.29, 0.717) is 17.8 Å². The van der Waals surface area contributed by atoms with Crippen LogP contribution in [0.1, 0.15) is 22.3 Å². The van der Waals surface area contributed by atoms with Crippen LogP contribution >= 0.6 is 15.9 Å². The maximum atomic E-state index is 14.1. The summed E-state index contributed by atoms with van der Waals surface area (Å²) in [6.07, 6.45) is 1.67. The van der Waals surface area contributed by atoms with Crippen LogP contribution in [0, 0.1) is 5.82 Å². The SMILES string of the molecule is O=C(c1ccccc1Br)N1CCCc2cccc(F)c21. The van der Waals surface area contributed by atoms with Crippen molar-refractivity contribution >= 4 is 27.5 Å². The zero-order valence-electron chi connectivity index (χ0n) is 10.8. The minimum atomic E-state index is -0.331. The lowest BCUT2D eigenvalue weighted by Gasteiger charge is -2.30. The fourth-order valence-corrected chi connectivity index (χ4v) is 3.04. The Morgan fingerprint density at radius 2 is 1.95 bits per heavy atom. The molecule has 0 radical (unpaired) electrons. The van der Waals surface area contributed by atoms with Crippen LogP contribution in [0.4, 0.5) is 10.1 Å². The largest absolute Gasteiger partial charge is 0.305 e. The molecule has 102 valence electrons. The third-order valence-electron chi connectivity index (χ3n) is 3.52. The lowest BCUT2D eigenvalue weighted by Crippen LogP contribution is -2.36. The Labute approximate surface area is 125 Å². The number of benzene rings is 2. The van der Waals surface area contributed by atoms with Gasteiger partial charge in [0.1, 0.15) is 5.82 Å². The molecule has 2 aromatic rings. The number of aryl methyl sites for hydroxylation is 1. The van der Waals surface area contributed by atoms with Crippen LogP contribution in [0.5, 0.6) is 0 Å². The minimum absolute atomic E-state index is 0.163. The standard InChI is InChI=1S/C16H13BrFNO/c17-13-8-2-1-7-12(13)16(20)19-10-4-6-11-5-3-9-14(18)15(11)19/h1-3,5,7-9H,4,6,10H2. The summed E-state index contributed by atoms with van der Waals surface area (Å²) in [5.74, 6) is -0.494. The quantitative estimate of drug-likeness (QED) is 0.766. The molecular weight excluding hydrogens is 321 g/mol. The van der Waals surface area contributed by atoms with Crippen LogP contribution < -0.4 is 4.90 Å². The van der Waals surface area contributed by atoms with Crippen molar-refractivity contribution in [3.05, 3.63) is 63.9 Å². The van der Waals surface area contributed by atoms with Gasteiger partial charge in [-0.3, -0.25) is 4.79 Å². The summed E-state index contributed by atoms with van der Waals surface area (Å²) in [6, 6.07) is 12.2. The monoisotopic (exact) mass is 333 g/mol. The smallest absolute Gasteiger partial charge is 0.259 e. The van der Waals surface area contributed by atoms with Gasteiger partial charge in [-0.25, -0.2) is 4.39 Å². The molecule has 1 heterocycles. The highest BCUT2D eigenvalue weighted by Crippen LogP contribution is 2.32. The third kappa shape index (κ3) is 2.24. The number of para-hydroxylation sites is 1. The Bertz CT molecular complexity index is 671. The predicted octanol–water partition coefficient (Wildman–Crippen LogP) is 4.18. The molecule has 0 saturated heterocycles. The molecule has 2 nitrogen and oxygen atoms in total. The first-order valence-electron chi connectivity index (χ1n) is 6.52. The van der Waals surface area contributed by atoms with E-state index in [4.69, 9.17) is 0 Å². The van der Waals surface area contributed by atoms with Gasteiger partial charge in [0, 0.05) is 11.0 Å². The molecule has 0 aliphatic carbocycles. The highest BCUT2D eigenvalue weighted by molar-refractivity contribution is 9.10. The predicted molar refractivity (Wildman–Crippen MR) is 80.5 cm³/mol. The molecule has 0 spiro atoms. The van der Waals surface area contributed by atoms with Crippen molar-refractivity contribution in [2.75, 3.05) is 11.4 Å². The summed E-state index contributed by atoms with van der Waals surface area (Å²) in [5.41, 5.74) is 1.89. The molecule has 2 aromatic carbocycles. The molecule has 1 aliphatic heterocycles. The second kappa shape index (κ2) is 5.37. The molecular formula is C16H13BrFNO. The van der Waals surface area contributed by atoms with Crippen LogP contribution in [-0.4, -0.2) is 12.5 Å². The van der Waals surface area contributed by atoms with E-state index in [1.807, 2.05) is 24.3 Å². The Hall–Kier alpha value is -1.68. The fourth-order valence-electron chi connectivity index (χ4n) is 2.59. The van der Waals surface area contributed by atoms with Gasteiger partial charge < -0.3 is 4.90 Å². The van der Waals surface area contributed by atoms with E-state index < -0.39 is 0 Å². The molecule has 0 N–H and O–H groups in total.